The Balaban J connectivity index is 1.54. The van der Waals surface area contributed by atoms with E-state index in [2.05, 4.69) is 15.2 Å². The highest BCUT2D eigenvalue weighted by Crippen LogP contribution is 2.34. The van der Waals surface area contributed by atoms with Gasteiger partial charge in [-0.15, -0.1) is 0 Å². The lowest BCUT2D eigenvalue weighted by Gasteiger charge is -2.39. The summed E-state index contributed by atoms with van der Waals surface area (Å²) in [5.41, 5.74) is 9.63. The molecule has 4 rings (SSSR count). The van der Waals surface area contributed by atoms with Crippen LogP contribution in [0.3, 0.4) is 0 Å². The first-order valence-corrected chi connectivity index (χ1v) is 15.6. The monoisotopic (exact) mass is 596 g/mol. The van der Waals surface area contributed by atoms with E-state index in [0.717, 1.165) is 29.7 Å². The first-order valence-electron chi connectivity index (χ1n) is 14.2. The van der Waals surface area contributed by atoms with Crippen LogP contribution in [0.15, 0.2) is 57.9 Å². The van der Waals surface area contributed by atoms with Gasteiger partial charge in [-0.05, 0) is 68.3 Å². The third-order valence-electron chi connectivity index (χ3n) is 7.28. The highest BCUT2D eigenvalue weighted by Gasteiger charge is 2.36. The van der Waals surface area contributed by atoms with Gasteiger partial charge in [0.1, 0.15) is 5.84 Å². The number of carbonyl (C=O) groups excluding carboxylic acids is 1. The Kier molecular flexibility index (Phi) is 10.0. The Bertz CT molecular complexity index is 1480. The summed E-state index contributed by atoms with van der Waals surface area (Å²) in [6, 6.07) is 12.5. The van der Waals surface area contributed by atoms with Gasteiger partial charge in [0.05, 0.1) is 10.6 Å². The molecule has 0 radical (unpaired) electrons. The van der Waals surface area contributed by atoms with Gasteiger partial charge in [-0.2, -0.15) is 4.31 Å². The molecule has 12 heteroatoms. The molecule has 0 unspecified atom stereocenters. The largest absolute Gasteiger partial charge is 0.465 e. The molecule has 0 spiro atoms. The van der Waals surface area contributed by atoms with Crippen LogP contribution in [0.4, 0.5) is 10.5 Å². The molecule has 4 N–H and O–H groups in total. The molecule has 1 saturated heterocycles. The molecule has 2 aliphatic rings. The molecule has 0 aromatic heterocycles. The zero-order chi connectivity index (χ0) is 30.4. The van der Waals surface area contributed by atoms with Crippen molar-refractivity contribution < 1.29 is 23.1 Å². The minimum Gasteiger partial charge on any atom is -0.465 e. The predicted molar refractivity (Wildman–Crippen MR) is 164 cm³/mol. The molecule has 2 heterocycles. The smallest absolute Gasteiger partial charge is 0.404 e. The number of nitrogens with one attached hydrogen (secondary N) is 1. The van der Waals surface area contributed by atoms with Gasteiger partial charge in [0.2, 0.25) is 15.9 Å². The molecule has 0 saturated carbocycles. The quantitative estimate of drug-likeness (QED) is 0.319. The summed E-state index contributed by atoms with van der Waals surface area (Å²) in [4.78, 5) is 32.8. The predicted octanol–water partition coefficient (Wildman–Crippen LogP) is 3.21. The standard InChI is InChI=1S/C30H40N6O5S/c1-4-12-35(13-6-11-32-30(38)39)29(37)25-14-24-10-9-23(16-27(24)33-28(31)17-25)22-7-5-8-26(15-22)42(40,41)36-19-21(20-36)18-34(2)3/h5,7-10,14-16,21,32H,4,6,11-13,17-20H2,1-3H3,(H2,31,33)(H,38,39). The molecule has 1 fully saturated rings. The minimum atomic E-state index is -3.59. The number of fused-ring (bicyclic) bond motifs is 1. The van der Waals surface area contributed by atoms with Crippen molar-refractivity contribution in [2.45, 2.75) is 31.1 Å². The molecule has 11 nitrogen and oxygen atoms in total. The number of sulfonamides is 1. The van der Waals surface area contributed by atoms with Gasteiger partial charge >= 0.3 is 6.09 Å². The van der Waals surface area contributed by atoms with Crippen LogP contribution in [-0.4, -0.2) is 98.8 Å². The van der Waals surface area contributed by atoms with E-state index in [4.69, 9.17) is 10.8 Å². The maximum atomic E-state index is 13.4. The Morgan fingerprint density at radius 2 is 1.86 bits per heavy atom. The molecule has 0 aliphatic carbocycles. The van der Waals surface area contributed by atoms with E-state index in [0.29, 0.717) is 55.6 Å². The van der Waals surface area contributed by atoms with Crippen LogP contribution < -0.4 is 11.1 Å². The number of nitrogens with zero attached hydrogens (tertiary/aromatic N) is 4. The fourth-order valence-corrected chi connectivity index (χ4v) is 6.94. The summed E-state index contributed by atoms with van der Waals surface area (Å²) in [7, 11) is 0.378. The van der Waals surface area contributed by atoms with E-state index in [1.54, 1.807) is 29.2 Å². The van der Waals surface area contributed by atoms with Crippen molar-refractivity contribution in [2.75, 3.05) is 53.4 Å². The summed E-state index contributed by atoms with van der Waals surface area (Å²) >= 11 is 0. The molecule has 2 aromatic rings. The lowest BCUT2D eigenvalue weighted by atomic mass is 10.0. The molecule has 0 bridgehead atoms. The summed E-state index contributed by atoms with van der Waals surface area (Å²) < 4.78 is 28.1. The molecule has 226 valence electrons. The first-order chi connectivity index (χ1) is 20.0. The summed E-state index contributed by atoms with van der Waals surface area (Å²) in [5, 5.41) is 11.1. The molecule has 2 aliphatic heterocycles. The van der Waals surface area contributed by atoms with Crippen molar-refractivity contribution in [3.8, 4) is 11.1 Å². The van der Waals surface area contributed by atoms with E-state index in [9.17, 15) is 18.0 Å². The van der Waals surface area contributed by atoms with Gasteiger partial charge < -0.3 is 26.0 Å². The van der Waals surface area contributed by atoms with Crippen LogP contribution in [0, 0.1) is 5.92 Å². The summed E-state index contributed by atoms with van der Waals surface area (Å²) in [6.45, 7) is 5.08. The van der Waals surface area contributed by atoms with Crippen LogP contribution >= 0.6 is 0 Å². The van der Waals surface area contributed by atoms with Crippen LogP contribution in [0.1, 0.15) is 31.7 Å². The van der Waals surface area contributed by atoms with E-state index >= 15 is 0 Å². The second-order valence-corrected chi connectivity index (χ2v) is 13.0. The lowest BCUT2D eigenvalue weighted by molar-refractivity contribution is -0.127. The normalized spacial score (nSPS) is 15.7. The zero-order valence-corrected chi connectivity index (χ0v) is 25.2. The number of carboxylic acid groups (broad SMARTS) is 1. The second kappa shape index (κ2) is 13.5. The van der Waals surface area contributed by atoms with Crippen LogP contribution in [0.2, 0.25) is 0 Å². The van der Waals surface area contributed by atoms with E-state index in [1.165, 1.54) is 4.31 Å². The van der Waals surface area contributed by atoms with Gasteiger partial charge in [-0.3, -0.25) is 4.79 Å². The van der Waals surface area contributed by atoms with Crippen molar-refractivity contribution in [1.29, 1.82) is 0 Å². The number of amidine groups is 1. The van der Waals surface area contributed by atoms with Crippen molar-refractivity contribution >= 4 is 39.6 Å². The second-order valence-electron chi connectivity index (χ2n) is 11.1. The zero-order valence-electron chi connectivity index (χ0n) is 24.4. The number of aliphatic imine (C=N–C) groups is 1. The number of hydrogen-bond acceptors (Lipinski definition) is 7. The Morgan fingerprint density at radius 1 is 1.12 bits per heavy atom. The SMILES string of the molecule is CCCN(CCCNC(=O)O)C(=O)C1=Cc2ccc(-c3cccc(S(=O)(=O)N4CC(CN(C)C)C4)c3)cc2N=C(N)C1. The lowest BCUT2D eigenvalue weighted by Crippen LogP contribution is -2.52. The number of nitrogens with two attached hydrogens (primary N) is 1. The van der Waals surface area contributed by atoms with Crippen molar-refractivity contribution in [1.82, 2.24) is 19.4 Å². The minimum absolute atomic E-state index is 0.154. The van der Waals surface area contributed by atoms with Gasteiger partial charge in [-0.1, -0.05) is 31.2 Å². The van der Waals surface area contributed by atoms with E-state index in [1.807, 2.05) is 45.3 Å². The molecule has 2 amide bonds. The van der Waals surface area contributed by atoms with Gasteiger partial charge in [0, 0.05) is 56.8 Å². The molecular weight excluding hydrogens is 556 g/mol. The maximum Gasteiger partial charge on any atom is 0.404 e. The van der Waals surface area contributed by atoms with Crippen LogP contribution in [-0.2, 0) is 14.8 Å². The molecule has 42 heavy (non-hydrogen) atoms. The summed E-state index contributed by atoms with van der Waals surface area (Å²) in [6.07, 6.45) is 2.16. The maximum absolute atomic E-state index is 13.4. The Labute approximate surface area is 247 Å². The number of amides is 2. The topological polar surface area (TPSA) is 149 Å². The molecule has 0 atom stereocenters. The van der Waals surface area contributed by atoms with Crippen molar-refractivity contribution in [2.24, 2.45) is 16.6 Å². The summed E-state index contributed by atoms with van der Waals surface area (Å²) in [5.74, 6) is 0.480. The number of rotatable bonds is 12. The van der Waals surface area contributed by atoms with Crippen LogP contribution in [0.5, 0.6) is 0 Å². The number of carbonyl (C=O) groups is 2. The molecule has 2 aromatic carbocycles. The van der Waals surface area contributed by atoms with Gasteiger partial charge in [0.25, 0.3) is 0 Å². The number of benzene rings is 2. The van der Waals surface area contributed by atoms with Gasteiger partial charge in [-0.25, -0.2) is 18.2 Å². The number of hydrogen-bond donors (Lipinski definition) is 3. The highest BCUT2D eigenvalue weighted by molar-refractivity contribution is 7.89. The van der Waals surface area contributed by atoms with Crippen molar-refractivity contribution in [3.63, 3.8) is 0 Å². The average Bonchev–Trinajstić information content (AvgIpc) is 3.09. The third kappa shape index (κ3) is 7.55. The third-order valence-corrected chi connectivity index (χ3v) is 9.11. The Morgan fingerprint density at radius 3 is 2.55 bits per heavy atom. The first kappa shape index (κ1) is 31.2. The van der Waals surface area contributed by atoms with E-state index < -0.39 is 16.1 Å². The average molecular weight is 597 g/mol. The Hall–Kier alpha value is -3.74. The fourth-order valence-electron chi connectivity index (χ4n) is 5.30. The van der Waals surface area contributed by atoms with Crippen LogP contribution in [0.25, 0.3) is 17.2 Å². The van der Waals surface area contributed by atoms with E-state index in [-0.39, 0.29) is 23.8 Å². The van der Waals surface area contributed by atoms with Gasteiger partial charge in [0.15, 0.2) is 0 Å². The van der Waals surface area contributed by atoms with Crippen molar-refractivity contribution in [3.05, 3.63) is 53.6 Å². The highest BCUT2D eigenvalue weighted by atomic mass is 32.2. The molecular formula is C30H40N6O5S. The fraction of sp³-hybridized carbons (Fsp3) is 0.433.